The van der Waals surface area contributed by atoms with Crippen molar-refractivity contribution in [2.45, 2.75) is 62.6 Å². The Morgan fingerprint density at radius 1 is 0.809 bits per heavy atom. The first-order chi connectivity index (χ1) is 22.7. The van der Waals surface area contributed by atoms with Crippen LogP contribution in [0.5, 0.6) is 17.2 Å². The number of nitrogens with one attached hydrogen (secondary N) is 1. The summed E-state index contributed by atoms with van der Waals surface area (Å²) < 4.78 is 40.6. The predicted molar refractivity (Wildman–Crippen MR) is 182 cm³/mol. The fourth-order valence-corrected chi connectivity index (χ4v) is 7.11. The number of sulfonamides is 1. The Labute approximate surface area is 277 Å². The summed E-state index contributed by atoms with van der Waals surface area (Å²) in [5.41, 5.74) is 1.03. The van der Waals surface area contributed by atoms with E-state index in [0.717, 1.165) is 42.0 Å². The van der Waals surface area contributed by atoms with Crippen LogP contribution in [0.1, 0.15) is 44.6 Å². The van der Waals surface area contributed by atoms with E-state index in [-0.39, 0.29) is 29.1 Å². The smallest absolute Gasteiger partial charge is 0.264 e. The molecule has 1 aliphatic rings. The van der Waals surface area contributed by atoms with Gasteiger partial charge in [-0.05, 0) is 86.0 Å². The van der Waals surface area contributed by atoms with Crippen molar-refractivity contribution in [1.29, 1.82) is 0 Å². The number of nitrogens with zero attached hydrogens (tertiary/aromatic N) is 2. The number of carbonyl (C=O) groups excluding carboxylic acids is 2. The molecule has 2 amide bonds. The molecule has 246 valence electrons. The van der Waals surface area contributed by atoms with Gasteiger partial charge in [0.1, 0.15) is 29.8 Å². The molecule has 1 fully saturated rings. The molecule has 5 rings (SSSR count). The Morgan fingerprint density at radius 2 is 1.43 bits per heavy atom. The van der Waals surface area contributed by atoms with Gasteiger partial charge in [-0.25, -0.2) is 8.42 Å². The zero-order chi connectivity index (χ0) is 33.2. The molecule has 0 radical (unpaired) electrons. The number of carbonyl (C=O) groups is 2. The lowest BCUT2D eigenvalue weighted by Gasteiger charge is -2.33. The summed E-state index contributed by atoms with van der Waals surface area (Å²) in [5.74, 6) is 0.963. The van der Waals surface area contributed by atoms with E-state index in [1.54, 1.807) is 68.6 Å². The van der Waals surface area contributed by atoms with Gasteiger partial charge in [0.2, 0.25) is 11.8 Å². The summed E-state index contributed by atoms with van der Waals surface area (Å²) >= 11 is 0. The summed E-state index contributed by atoms with van der Waals surface area (Å²) in [6.45, 7) is 1.24. The average molecular weight is 656 g/mol. The van der Waals surface area contributed by atoms with Crippen LogP contribution in [0.15, 0.2) is 114 Å². The molecule has 4 aromatic carbocycles. The fraction of sp³-hybridized carbons (Fsp3) is 0.297. The Kier molecular flexibility index (Phi) is 11.2. The second-order valence-corrected chi connectivity index (χ2v) is 13.5. The molecule has 0 bridgehead atoms. The van der Waals surface area contributed by atoms with Crippen molar-refractivity contribution in [3.8, 4) is 17.2 Å². The van der Waals surface area contributed by atoms with Gasteiger partial charge in [0.05, 0.1) is 17.7 Å². The lowest BCUT2D eigenvalue weighted by atomic mass is 9.95. The van der Waals surface area contributed by atoms with Gasteiger partial charge < -0.3 is 19.7 Å². The standard InChI is InChI=1S/C37H41N3O6S/c1-28(37(42)38-30-14-6-3-7-15-30)39(26-29-13-12-18-34(25-29)45-2)36(41)27-40(47(43,44)35-19-10-5-11-20-35)31-21-23-33(24-22-31)46-32-16-8-4-9-17-32/h4-5,8-13,16-25,28,30H,3,6-7,14-15,26-27H2,1-2H3,(H,38,42). The molecular formula is C37H41N3O6S. The number of hydrogen-bond donors (Lipinski definition) is 1. The molecule has 0 aliphatic heterocycles. The maximum atomic E-state index is 14.3. The van der Waals surface area contributed by atoms with Gasteiger partial charge in [-0.3, -0.25) is 13.9 Å². The van der Waals surface area contributed by atoms with Crippen molar-refractivity contribution in [1.82, 2.24) is 10.2 Å². The van der Waals surface area contributed by atoms with Crippen LogP contribution in [0.25, 0.3) is 0 Å². The molecule has 1 aliphatic carbocycles. The Morgan fingerprint density at radius 3 is 2.09 bits per heavy atom. The molecule has 1 saturated carbocycles. The van der Waals surface area contributed by atoms with Crippen molar-refractivity contribution < 1.29 is 27.5 Å². The lowest BCUT2D eigenvalue weighted by molar-refractivity contribution is -0.139. The third kappa shape index (κ3) is 8.71. The van der Waals surface area contributed by atoms with Crippen LogP contribution in [0.4, 0.5) is 5.69 Å². The first kappa shape index (κ1) is 33.5. The second-order valence-electron chi connectivity index (χ2n) is 11.6. The van der Waals surface area contributed by atoms with Crippen molar-refractivity contribution >= 4 is 27.5 Å². The van der Waals surface area contributed by atoms with Gasteiger partial charge >= 0.3 is 0 Å². The van der Waals surface area contributed by atoms with Crippen LogP contribution in [-0.4, -0.2) is 50.9 Å². The Balaban J connectivity index is 1.46. The van der Waals surface area contributed by atoms with Crippen LogP contribution in [-0.2, 0) is 26.2 Å². The normalized spacial score (nSPS) is 14.1. The quantitative estimate of drug-likeness (QED) is 0.175. The number of rotatable bonds is 13. The summed E-state index contributed by atoms with van der Waals surface area (Å²) in [6, 6.07) is 30.2. The number of hydrogen-bond acceptors (Lipinski definition) is 6. The third-order valence-electron chi connectivity index (χ3n) is 8.32. The van der Waals surface area contributed by atoms with E-state index < -0.39 is 28.5 Å². The summed E-state index contributed by atoms with van der Waals surface area (Å²) in [5, 5.41) is 3.13. The van der Waals surface area contributed by atoms with E-state index in [1.807, 2.05) is 42.5 Å². The minimum absolute atomic E-state index is 0.0415. The molecule has 4 aromatic rings. The van der Waals surface area contributed by atoms with Gasteiger partial charge in [0.25, 0.3) is 10.0 Å². The molecule has 10 heteroatoms. The van der Waals surface area contributed by atoms with Crippen molar-refractivity contribution in [2.75, 3.05) is 18.0 Å². The summed E-state index contributed by atoms with van der Waals surface area (Å²) in [4.78, 5) is 29.3. The molecule has 0 saturated heterocycles. The molecule has 9 nitrogen and oxygen atoms in total. The van der Waals surface area contributed by atoms with Crippen molar-refractivity contribution in [2.24, 2.45) is 0 Å². The summed E-state index contributed by atoms with van der Waals surface area (Å²) in [6.07, 6.45) is 5.04. The topological polar surface area (TPSA) is 105 Å². The Bertz CT molecular complexity index is 1730. The maximum Gasteiger partial charge on any atom is 0.264 e. The largest absolute Gasteiger partial charge is 0.497 e. The predicted octanol–water partition coefficient (Wildman–Crippen LogP) is 6.55. The first-order valence-corrected chi connectivity index (χ1v) is 17.3. The maximum absolute atomic E-state index is 14.3. The highest BCUT2D eigenvalue weighted by Crippen LogP contribution is 2.29. The highest BCUT2D eigenvalue weighted by atomic mass is 32.2. The third-order valence-corrected chi connectivity index (χ3v) is 10.1. The van der Waals surface area contributed by atoms with Crippen LogP contribution >= 0.6 is 0 Å². The molecular weight excluding hydrogens is 614 g/mol. The highest BCUT2D eigenvalue weighted by Gasteiger charge is 2.33. The fourth-order valence-electron chi connectivity index (χ4n) is 5.67. The highest BCUT2D eigenvalue weighted by molar-refractivity contribution is 7.92. The summed E-state index contributed by atoms with van der Waals surface area (Å²) in [7, 11) is -2.62. The van der Waals surface area contributed by atoms with E-state index in [2.05, 4.69) is 5.32 Å². The zero-order valence-corrected chi connectivity index (χ0v) is 27.6. The molecule has 0 spiro atoms. The number of amides is 2. The van der Waals surface area contributed by atoms with Gasteiger partial charge in [-0.2, -0.15) is 0 Å². The number of ether oxygens (including phenoxy) is 2. The second kappa shape index (κ2) is 15.6. The Hall–Kier alpha value is -4.83. The number of methoxy groups -OCH3 is 1. The van der Waals surface area contributed by atoms with E-state index in [9.17, 15) is 18.0 Å². The number of para-hydroxylation sites is 1. The molecule has 1 N–H and O–H groups in total. The van der Waals surface area contributed by atoms with Crippen LogP contribution < -0.4 is 19.1 Å². The minimum atomic E-state index is -4.18. The van der Waals surface area contributed by atoms with Gasteiger partial charge in [-0.15, -0.1) is 0 Å². The van der Waals surface area contributed by atoms with E-state index in [1.165, 1.54) is 17.0 Å². The van der Waals surface area contributed by atoms with E-state index >= 15 is 0 Å². The molecule has 0 heterocycles. The SMILES string of the molecule is COc1cccc(CN(C(=O)CN(c2ccc(Oc3ccccc3)cc2)S(=O)(=O)c2ccccc2)C(C)C(=O)NC2CCCCC2)c1. The minimum Gasteiger partial charge on any atom is -0.497 e. The van der Waals surface area contributed by atoms with E-state index in [4.69, 9.17) is 9.47 Å². The average Bonchev–Trinajstić information content (AvgIpc) is 3.11. The zero-order valence-electron chi connectivity index (χ0n) is 26.7. The molecule has 1 atom stereocenters. The monoisotopic (exact) mass is 655 g/mol. The van der Waals surface area contributed by atoms with Crippen molar-refractivity contribution in [3.63, 3.8) is 0 Å². The molecule has 1 unspecified atom stereocenters. The molecule has 0 aromatic heterocycles. The van der Waals surface area contributed by atoms with Gasteiger partial charge in [0, 0.05) is 12.6 Å². The van der Waals surface area contributed by atoms with Crippen molar-refractivity contribution in [3.05, 3.63) is 115 Å². The lowest BCUT2D eigenvalue weighted by Crippen LogP contribution is -2.53. The number of benzene rings is 4. The first-order valence-electron chi connectivity index (χ1n) is 15.9. The van der Waals surface area contributed by atoms with E-state index in [0.29, 0.717) is 17.2 Å². The van der Waals surface area contributed by atoms with Gasteiger partial charge in [-0.1, -0.05) is 67.8 Å². The van der Waals surface area contributed by atoms with Gasteiger partial charge in [0.15, 0.2) is 0 Å². The van der Waals surface area contributed by atoms with Crippen LogP contribution in [0.3, 0.4) is 0 Å². The molecule has 47 heavy (non-hydrogen) atoms. The van der Waals surface area contributed by atoms with Crippen LogP contribution in [0, 0.1) is 0 Å². The number of anilines is 1. The van der Waals surface area contributed by atoms with Crippen LogP contribution in [0.2, 0.25) is 0 Å².